The fourth-order valence-electron chi connectivity index (χ4n) is 3.02. The predicted octanol–water partition coefficient (Wildman–Crippen LogP) is 4.67. The minimum atomic E-state index is -0.541. The fraction of sp³-hybridized carbons (Fsp3) is 0.565. The van der Waals surface area contributed by atoms with Crippen LogP contribution in [0.2, 0.25) is 0 Å². The Morgan fingerprint density at radius 3 is 2.32 bits per heavy atom. The van der Waals surface area contributed by atoms with E-state index in [4.69, 9.17) is 4.74 Å². The number of benzene rings is 1. The molecule has 1 saturated heterocycles. The molecule has 0 spiro atoms. The summed E-state index contributed by atoms with van der Waals surface area (Å²) in [5.74, 6) is -0.283. The molecule has 1 aliphatic rings. The van der Waals surface area contributed by atoms with Gasteiger partial charge in [-0.3, -0.25) is 4.79 Å². The van der Waals surface area contributed by atoms with Crippen LogP contribution in [0.25, 0.3) is 0 Å². The Balaban J connectivity index is 0.000000480. The molecule has 0 saturated carbocycles. The molecule has 0 aromatic heterocycles. The van der Waals surface area contributed by atoms with Crippen molar-refractivity contribution in [1.82, 2.24) is 9.80 Å². The van der Waals surface area contributed by atoms with E-state index in [2.05, 4.69) is 32.6 Å². The number of unbranched alkanes of at least 4 members (excludes halogenated alkanes) is 2. The van der Waals surface area contributed by atoms with Crippen LogP contribution in [0.15, 0.2) is 42.5 Å². The lowest BCUT2D eigenvalue weighted by molar-refractivity contribution is -0.124. The Bertz CT molecular complexity index is 592. The molecule has 5 nitrogen and oxygen atoms in total. The van der Waals surface area contributed by atoms with Gasteiger partial charge in [-0.25, -0.2) is 9.69 Å². The van der Waals surface area contributed by atoms with Crippen LogP contribution in [0.3, 0.4) is 0 Å². The molecule has 2 amide bonds. The van der Waals surface area contributed by atoms with Gasteiger partial charge in [-0.2, -0.15) is 0 Å². The molecular formula is C23H36N2O3. The molecular weight excluding hydrogens is 352 g/mol. The average Bonchev–Trinajstić information content (AvgIpc) is 3.08. The molecule has 28 heavy (non-hydrogen) atoms. The van der Waals surface area contributed by atoms with Crippen molar-refractivity contribution in [2.45, 2.75) is 59.4 Å². The summed E-state index contributed by atoms with van der Waals surface area (Å²) in [4.78, 5) is 27.5. The van der Waals surface area contributed by atoms with Crippen molar-refractivity contribution in [2.75, 3.05) is 26.2 Å². The second kappa shape index (κ2) is 13.9. The maximum absolute atomic E-state index is 12.2. The van der Waals surface area contributed by atoms with E-state index in [0.29, 0.717) is 6.42 Å². The van der Waals surface area contributed by atoms with Crippen molar-refractivity contribution in [1.29, 1.82) is 0 Å². The van der Waals surface area contributed by atoms with Gasteiger partial charge in [-0.15, -0.1) is 0 Å². The van der Waals surface area contributed by atoms with E-state index in [0.717, 1.165) is 24.8 Å². The molecule has 1 atom stereocenters. The molecule has 0 N–H and O–H groups in total. The Morgan fingerprint density at radius 1 is 1.14 bits per heavy atom. The van der Waals surface area contributed by atoms with Gasteiger partial charge in [0.05, 0.1) is 6.04 Å². The quantitative estimate of drug-likeness (QED) is 0.456. The van der Waals surface area contributed by atoms with E-state index < -0.39 is 6.09 Å². The highest BCUT2D eigenvalue weighted by atomic mass is 16.6. The van der Waals surface area contributed by atoms with Crippen LogP contribution in [0.5, 0.6) is 0 Å². The summed E-state index contributed by atoms with van der Waals surface area (Å²) < 4.78 is 5.03. The van der Waals surface area contributed by atoms with Crippen LogP contribution in [0.4, 0.5) is 4.79 Å². The zero-order valence-corrected chi connectivity index (χ0v) is 17.9. The summed E-state index contributed by atoms with van der Waals surface area (Å²) in [6.45, 7) is 12.5. The van der Waals surface area contributed by atoms with Gasteiger partial charge in [0.15, 0.2) is 0 Å². The molecule has 2 rings (SSSR count). The monoisotopic (exact) mass is 388 g/mol. The van der Waals surface area contributed by atoms with Gasteiger partial charge in [0.1, 0.15) is 6.61 Å². The maximum atomic E-state index is 12.2. The van der Waals surface area contributed by atoms with Crippen LogP contribution in [-0.2, 0) is 16.0 Å². The van der Waals surface area contributed by atoms with Crippen molar-refractivity contribution < 1.29 is 14.3 Å². The molecule has 0 aliphatic carbocycles. The van der Waals surface area contributed by atoms with Crippen LogP contribution < -0.4 is 0 Å². The molecule has 1 aromatic carbocycles. The first kappa shape index (κ1) is 23.9. The molecule has 1 aliphatic heterocycles. The topological polar surface area (TPSA) is 49.9 Å². The smallest absolute Gasteiger partial charge is 0.417 e. The number of allylic oxidation sites excluding steroid dienone is 1. The van der Waals surface area contributed by atoms with Crippen LogP contribution in [-0.4, -0.2) is 54.1 Å². The average molecular weight is 389 g/mol. The van der Waals surface area contributed by atoms with Crippen LogP contribution in [0, 0.1) is 0 Å². The van der Waals surface area contributed by atoms with E-state index in [1.54, 1.807) is 0 Å². The number of nitrogens with zero attached hydrogens (tertiary/aromatic N) is 2. The standard InChI is InChI=1S/C17H21NO3.C6H15N/c1-2-3-4-8-11-16(19)18-15(13-21-17(18)20)12-14-9-6-5-7-10-14;1-4-7(5-2)6-3/h5-11,15H,2-4,12-13H2,1H3;4-6H2,1-3H3/t15-;/m1./s1. The fourth-order valence-corrected chi connectivity index (χ4v) is 3.02. The number of rotatable bonds is 9. The summed E-state index contributed by atoms with van der Waals surface area (Å²) in [6.07, 6.45) is 6.39. The first-order valence-corrected chi connectivity index (χ1v) is 10.5. The van der Waals surface area contributed by atoms with Gasteiger partial charge >= 0.3 is 6.09 Å². The Hall–Kier alpha value is -2.14. The van der Waals surface area contributed by atoms with Gasteiger partial charge in [-0.1, -0.05) is 76.9 Å². The third kappa shape index (κ3) is 8.26. The van der Waals surface area contributed by atoms with Crippen LogP contribution >= 0.6 is 0 Å². The maximum Gasteiger partial charge on any atom is 0.417 e. The Morgan fingerprint density at radius 2 is 1.79 bits per heavy atom. The predicted molar refractivity (Wildman–Crippen MR) is 114 cm³/mol. The summed E-state index contributed by atoms with van der Waals surface area (Å²) >= 11 is 0. The largest absolute Gasteiger partial charge is 0.447 e. The van der Waals surface area contributed by atoms with Crippen molar-refractivity contribution in [3.63, 3.8) is 0 Å². The van der Waals surface area contributed by atoms with E-state index in [-0.39, 0.29) is 18.6 Å². The molecule has 0 bridgehead atoms. The number of carbonyl (C=O) groups is 2. The number of cyclic esters (lactones) is 1. The Kier molecular flexibility index (Phi) is 11.9. The molecule has 156 valence electrons. The molecule has 1 aromatic rings. The summed E-state index contributed by atoms with van der Waals surface area (Å²) in [6, 6.07) is 9.60. The first-order chi connectivity index (χ1) is 13.6. The van der Waals surface area contributed by atoms with Gasteiger partial charge in [0.25, 0.3) is 5.91 Å². The number of imide groups is 1. The third-order valence-corrected chi connectivity index (χ3v) is 4.84. The van der Waals surface area contributed by atoms with E-state index >= 15 is 0 Å². The summed E-state index contributed by atoms with van der Waals surface area (Å²) in [5, 5.41) is 0. The molecule has 0 unspecified atom stereocenters. The molecule has 0 radical (unpaired) electrons. The van der Waals surface area contributed by atoms with Crippen molar-refractivity contribution in [3.8, 4) is 0 Å². The van der Waals surface area contributed by atoms with Gasteiger partial charge in [0.2, 0.25) is 0 Å². The number of amides is 2. The third-order valence-electron chi connectivity index (χ3n) is 4.84. The van der Waals surface area contributed by atoms with Crippen molar-refractivity contribution >= 4 is 12.0 Å². The zero-order valence-electron chi connectivity index (χ0n) is 17.9. The zero-order chi connectivity index (χ0) is 20.8. The lowest BCUT2D eigenvalue weighted by Gasteiger charge is -2.18. The van der Waals surface area contributed by atoms with Gasteiger partial charge in [0, 0.05) is 0 Å². The second-order valence-electron chi connectivity index (χ2n) is 6.79. The van der Waals surface area contributed by atoms with E-state index in [1.165, 1.54) is 30.6 Å². The number of ether oxygens (including phenoxy) is 1. The van der Waals surface area contributed by atoms with Crippen LogP contribution in [0.1, 0.15) is 52.5 Å². The SMILES string of the molecule is CCCCC=CC(=O)N1C(=O)OC[C@H]1Cc1ccccc1.CCN(CC)CC. The highest BCUT2D eigenvalue weighted by Crippen LogP contribution is 2.18. The number of hydrogen-bond acceptors (Lipinski definition) is 4. The highest BCUT2D eigenvalue weighted by Gasteiger charge is 2.36. The van der Waals surface area contributed by atoms with E-state index in [1.807, 2.05) is 36.4 Å². The summed E-state index contributed by atoms with van der Waals surface area (Å²) in [7, 11) is 0. The lowest BCUT2D eigenvalue weighted by atomic mass is 10.1. The molecule has 1 fully saturated rings. The minimum absolute atomic E-state index is 0.219. The summed E-state index contributed by atoms with van der Waals surface area (Å²) in [5.41, 5.74) is 1.09. The normalized spacial score (nSPS) is 16.2. The van der Waals surface area contributed by atoms with Crippen molar-refractivity contribution in [3.05, 3.63) is 48.0 Å². The second-order valence-corrected chi connectivity index (χ2v) is 6.79. The highest BCUT2D eigenvalue weighted by molar-refractivity contribution is 5.99. The Labute approximate surface area is 170 Å². The lowest BCUT2D eigenvalue weighted by Crippen LogP contribution is -2.39. The van der Waals surface area contributed by atoms with E-state index in [9.17, 15) is 9.59 Å². The minimum Gasteiger partial charge on any atom is -0.447 e. The van der Waals surface area contributed by atoms with Crippen molar-refractivity contribution in [2.24, 2.45) is 0 Å². The number of carbonyl (C=O) groups excluding carboxylic acids is 2. The first-order valence-electron chi connectivity index (χ1n) is 10.5. The van der Waals surface area contributed by atoms with Gasteiger partial charge < -0.3 is 9.64 Å². The molecule has 1 heterocycles. The number of hydrogen-bond donors (Lipinski definition) is 0. The van der Waals surface area contributed by atoms with Gasteiger partial charge in [-0.05, 0) is 44.1 Å². The molecule has 5 heteroatoms.